The predicted octanol–water partition coefficient (Wildman–Crippen LogP) is 5.76. The van der Waals surface area contributed by atoms with Gasteiger partial charge in [-0.1, -0.05) is 46.0 Å². The number of nitrogens with zero attached hydrogens (tertiary/aromatic N) is 2. The van der Waals surface area contributed by atoms with Crippen LogP contribution in [0.1, 0.15) is 65.2 Å². The van der Waals surface area contributed by atoms with Crippen molar-refractivity contribution in [3.63, 3.8) is 0 Å². The average Bonchev–Trinajstić information content (AvgIpc) is 2.77. The number of aliphatic hydroxyl groups is 1. The van der Waals surface area contributed by atoms with Gasteiger partial charge in [-0.2, -0.15) is 0 Å². The van der Waals surface area contributed by atoms with E-state index in [9.17, 15) is 9.50 Å². The van der Waals surface area contributed by atoms with E-state index in [1.165, 1.54) is 0 Å². The standard InChI is InChI=1S/C24H35FN2O3/c1-3-5-7-9-21(28)18-30-23-16-26-24(27-17-23)19-10-12-22(13-11-19)29-15-14-20(25)8-6-4-2/h10-13,16-17,20-21,28H,3-9,14-15,18H2,1-2H3/t20-,21-/m1/s1. The van der Waals surface area contributed by atoms with Crippen molar-refractivity contribution in [1.29, 1.82) is 0 Å². The first-order valence-corrected chi connectivity index (χ1v) is 11.1. The van der Waals surface area contributed by atoms with E-state index in [0.717, 1.165) is 44.1 Å². The van der Waals surface area contributed by atoms with Gasteiger partial charge in [0.15, 0.2) is 11.6 Å². The number of ether oxygens (including phenoxy) is 2. The van der Waals surface area contributed by atoms with E-state index >= 15 is 0 Å². The second-order valence-corrected chi connectivity index (χ2v) is 7.60. The third-order valence-corrected chi connectivity index (χ3v) is 4.89. The fourth-order valence-electron chi connectivity index (χ4n) is 3.02. The van der Waals surface area contributed by atoms with Gasteiger partial charge in [0.25, 0.3) is 0 Å². The lowest BCUT2D eigenvalue weighted by Crippen LogP contribution is -2.17. The molecule has 5 nitrogen and oxygen atoms in total. The van der Waals surface area contributed by atoms with E-state index in [4.69, 9.17) is 9.47 Å². The molecule has 0 fully saturated rings. The van der Waals surface area contributed by atoms with Crippen LogP contribution in [0, 0.1) is 0 Å². The minimum Gasteiger partial charge on any atom is -0.493 e. The second-order valence-electron chi connectivity index (χ2n) is 7.60. The topological polar surface area (TPSA) is 64.5 Å². The van der Waals surface area contributed by atoms with E-state index in [0.29, 0.717) is 36.8 Å². The van der Waals surface area contributed by atoms with Crippen LogP contribution < -0.4 is 9.47 Å². The monoisotopic (exact) mass is 418 g/mol. The molecule has 166 valence electrons. The molecule has 1 heterocycles. The summed E-state index contributed by atoms with van der Waals surface area (Å²) in [7, 11) is 0. The Balaban J connectivity index is 1.76. The molecule has 2 atom stereocenters. The van der Waals surface area contributed by atoms with E-state index < -0.39 is 12.3 Å². The van der Waals surface area contributed by atoms with Gasteiger partial charge in [0.1, 0.15) is 18.5 Å². The molecule has 2 aromatic rings. The molecule has 0 amide bonds. The van der Waals surface area contributed by atoms with Gasteiger partial charge in [-0.15, -0.1) is 0 Å². The van der Waals surface area contributed by atoms with Crippen molar-refractivity contribution in [3.05, 3.63) is 36.7 Å². The highest BCUT2D eigenvalue weighted by molar-refractivity contribution is 5.56. The maximum absolute atomic E-state index is 13.7. The van der Waals surface area contributed by atoms with Crippen LogP contribution in [0.4, 0.5) is 4.39 Å². The molecule has 0 saturated heterocycles. The third kappa shape index (κ3) is 9.08. The normalized spacial score (nSPS) is 13.1. The summed E-state index contributed by atoms with van der Waals surface area (Å²) >= 11 is 0. The first-order valence-electron chi connectivity index (χ1n) is 11.1. The molecule has 0 bridgehead atoms. The molecule has 1 aromatic heterocycles. The fourth-order valence-corrected chi connectivity index (χ4v) is 3.02. The van der Waals surface area contributed by atoms with Crippen molar-refractivity contribution >= 4 is 0 Å². The Bertz CT molecular complexity index is 695. The molecular formula is C24H35FN2O3. The van der Waals surface area contributed by atoms with Crippen LogP contribution in [0.5, 0.6) is 11.5 Å². The number of unbranched alkanes of at least 4 members (excludes halogenated alkanes) is 3. The van der Waals surface area contributed by atoms with Crippen LogP contribution in [0.2, 0.25) is 0 Å². The number of aliphatic hydroxyl groups excluding tert-OH is 1. The number of hydrogen-bond acceptors (Lipinski definition) is 5. The minimum atomic E-state index is -0.796. The van der Waals surface area contributed by atoms with Gasteiger partial charge in [-0.3, -0.25) is 0 Å². The maximum Gasteiger partial charge on any atom is 0.159 e. The van der Waals surface area contributed by atoms with Crippen molar-refractivity contribution < 1.29 is 19.0 Å². The van der Waals surface area contributed by atoms with Crippen molar-refractivity contribution in [2.24, 2.45) is 0 Å². The van der Waals surface area contributed by atoms with E-state index in [2.05, 4.69) is 23.8 Å². The average molecular weight is 419 g/mol. The van der Waals surface area contributed by atoms with Crippen LogP contribution in [-0.2, 0) is 0 Å². The second kappa shape index (κ2) is 13.9. The highest BCUT2D eigenvalue weighted by atomic mass is 19.1. The summed E-state index contributed by atoms with van der Waals surface area (Å²) in [6.07, 6.45) is 8.91. The van der Waals surface area contributed by atoms with E-state index in [1.807, 2.05) is 24.3 Å². The molecule has 0 aliphatic carbocycles. The molecule has 1 N–H and O–H groups in total. The zero-order valence-corrected chi connectivity index (χ0v) is 18.2. The zero-order chi connectivity index (χ0) is 21.6. The lowest BCUT2D eigenvalue weighted by Gasteiger charge is -2.12. The van der Waals surface area contributed by atoms with Crippen molar-refractivity contribution in [2.75, 3.05) is 13.2 Å². The summed E-state index contributed by atoms with van der Waals surface area (Å²) in [5.74, 6) is 1.83. The predicted molar refractivity (Wildman–Crippen MR) is 118 cm³/mol. The van der Waals surface area contributed by atoms with Crippen LogP contribution >= 0.6 is 0 Å². The first-order chi connectivity index (χ1) is 14.6. The van der Waals surface area contributed by atoms with Crippen LogP contribution in [0.3, 0.4) is 0 Å². The number of benzene rings is 1. The van der Waals surface area contributed by atoms with Gasteiger partial charge < -0.3 is 14.6 Å². The van der Waals surface area contributed by atoms with Crippen LogP contribution in [0.15, 0.2) is 36.7 Å². The summed E-state index contributed by atoms with van der Waals surface area (Å²) < 4.78 is 24.9. The van der Waals surface area contributed by atoms with Gasteiger partial charge in [0.2, 0.25) is 0 Å². The Labute approximate surface area is 179 Å². The highest BCUT2D eigenvalue weighted by Crippen LogP contribution is 2.21. The van der Waals surface area contributed by atoms with Crippen LogP contribution in [-0.4, -0.2) is 40.6 Å². The van der Waals surface area contributed by atoms with Crippen molar-refractivity contribution in [2.45, 2.75) is 77.5 Å². The molecule has 0 spiro atoms. The molecule has 0 aliphatic heterocycles. The Morgan fingerprint density at radius 1 is 0.867 bits per heavy atom. The molecule has 2 rings (SSSR count). The van der Waals surface area contributed by atoms with Gasteiger partial charge in [0.05, 0.1) is 25.1 Å². The van der Waals surface area contributed by atoms with Gasteiger partial charge in [-0.25, -0.2) is 14.4 Å². The Hall–Kier alpha value is -2.21. The summed E-state index contributed by atoms with van der Waals surface area (Å²) in [6, 6.07) is 7.45. The van der Waals surface area contributed by atoms with E-state index in [-0.39, 0.29) is 6.61 Å². The van der Waals surface area contributed by atoms with Crippen LogP contribution in [0.25, 0.3) is 11.4 Å². The summed E-state index contributed by atoms with van der Waals surface area (Å²) in [6.45, 7) is 4.82. The molecule has 1 aromatic carbocycles. The number of hydrogen-bond donors (Lipinski definition) is 1. The largest absolute Gasteiger partial charge is 0.493 e. The van der Waals surface area contributed by atoms with Crippen molar-refractivity contribution in [3.8, 4) is 22.9 Å². The van der Waals surface area contributed by atoms with Crippen molar-refractivity contribution in [1.82, 2.24) is 9.97 Å². The van der Waals surface area contributed by atoms with E-state index in [1.54, 1.807) is 12.4 Å². The SMILES string of the molecule is CCCCC[C@@H](O)COc1cnc(-c2ccc(OCC[C@H](F)CCCC)cc2)nc1. The Kier molecular flexibility index (Phi) is 11.2. The Morgan fingerprint density at radius 2 is 1.57 bits per heavy atom. The van der Waals surface area contributed by atoms with Gasteiger partial charge in [-0.05, 0) is 37.1 Å². The molecule has 30 heavy (non-hydrogen) atoms. The Morgan fingerprint density at radius 3 is 2.23 bits per heavy atom. The van der Waals surface area contributed by atoms with Gasteiger partial charge in [0, 0.05) is 12.0 Å². The number of rotatable bonds is 15. The molecule has 0 saturated carbocycles. The number of halogens is 1. The maximum atomic E-state index is 13.7. The fraction of sp³-hybridized carbons (Fsp3) is 0.583. The molecule has 0 aliphatic rings. The highest BCUT2D eigenvalue weighted by Gasteiger charge is 2.08. The quantitative estimate of drug-likeness (QED) is 0.373. The smallest absolute Gasteiger partial charge is 0.159 e. The first kappa shape index (κ1) is 24.1. The lowest BCUT2D eigenvalue weighted by atomic mass is 10.1. The summed E-state index contributed by atoms with van der Waals surface area (Å²) in [5, 5.41) is 9.93. The summed E-state index contributed by atoms with van der Waals surface area (Å²) in [4.78, 5) is 8.68. The zero-order valence-electron chi connectivity index (χ0n) is 18.2. The molecular weight excluding hydrogens is 383 g/mol. The third-order valence-electron chi connectivity index (χ3n) is 4.89. The summed E-state index contributed by atoms with van der Waals surface area (Å²) in [5.41, 5.74) is 0.861. The molecule has 0 radical (unpaired) electrons. The number of aromatic nitrogens is 2. The molecule has 0 unspecified atom stereocenters. The number of alkyl halides is 1. The minimum absolute atomic E-state index is 0.247. The lowest BCUT2D eigenvalue weighted by molar-refractivity contribution is 0.0972. The molecule has 6 heteroatoms. The van der Waals surface area contributed by atoms with Gasteiger partial charge >= 0.3 is 0 Å².